The van der Waals surface area contributed by atoms with Gasteiger partial charge < -0.3 is 4.90 Å². The Morgan fingerprint density at radius 2 is 1.76 bits per heavy atom. The van der Waals surface area contributed by atoms with Crippen molar-refractivity contribution in [3.05, 3.63) is 53.9 Å². The van der Waals surface area contributed by atoms with Crippen molar-refractivity contribution in [2.24, 2.45) is 5.92 Å². The van der Waals surface area contributed by atoms with Crippen LogP contribution in [-0.4, -0.2) is 41.0 Å². The molecule has 4 nitrogen and oxygen atoms in total. The monoisotopic (exact) mass is 334 g/mol. The molecule has 130 valence electrons. The van der Waals surface area contributed by atoms with E-state index in [1.165, 1.54) is 38.8 Å². The molecule has 25 heavy (non-hydrogen) atoms. The predicted molar refractivity (Wildman–Crippen MR) is 99.6 cm³/mol. The van der Waals surface area contributed by atoms with Gasteiger partial charge in [-0.15, -0.1) is 0 Å². The molecule has 0 radical (unpaired) electrons. The third-order valence-corrected chi connectivity index (χ3v) is 6.28. The molecule has 0 N–H and O–H groups in total. The second kappa shape index (κ2) is 6.10. The van der Waals surface area contributed by atoms with E-state index >= 15 is 0 Å². The molecule has 4 heteroatoms. The summed E-state index contributed by atoms with van der Waals surface area (Å²) < 4.78 is 0. The highest BCUT2D eigenvalue weighted by Gasteiger charge is 2.43. The third kappa shape index (κ3) is 2.93. The molecule has 0 bridgehead atoms. The average molecular weight is 334 g/mol. The molecule has 1 aromatic carbocycles. The Morgan fingerprint density at radius 1 is 1.00 bits per heavy atom. The van der Waals surface area contributed by atoms with Crippen LogP contribution < -0.4 is 4.90 Å². The minimum atomic E-state index is 0.314. The molecule has 1 saturated carbocycles. The molecular weight excluding hydrogens is 308 g/mol. The number of nitrogens with zero attached hydrogens (tertiary/aromatic N) is 4. The summed E-state index contributed by atoms with van der Waals surface area (Å²) in [5.41, 5.74) is 3.48. The van der Waals surface area contributed by atoms with Gasteiger partial charge in [-0.2, -0.15) is 0 Å². The lowest BCUT2D eigenvalue weighted by Crippen LogP contribution is -2.52. The topological polar surface area (TPSA) is 32.3 Å². The van der Waals surface area contributed by atoms with Gasteiger partial charge in [0.1, 0.15) is 0 Å². The van der Waals surface area contributed by atoms with Crippen molar-refractivity contribution in [2.45, 2.75) is 37.6 Å². The maximum atomic E-state index is 4.45. The van der Waals surface area contributed by atoms with E-state index in [1.54, 1.807) is 11.1 Å². The highest BCUT2D eigenvalue weighted by molar-refractivity contribution is 5.40. The molecular formula is C21H26N4. The molecule has 1 saturated heterocycles. The van der Waals surface area contributed by atoms with E-state index in [2.05, 4.69) is 44.0 Å². The molecule has 1 spiro atoms. The standard InChI is InChI=1S/C21H26N4/c1-2-5-19-18(4-1)15-24(14-17-6-7-17)16-21(19)8-12-25(13-9-21)20-22-10-3-11-23-20/h1-5,10-11,17H,6-9,12-16H2. The third-order valence-electron chi connectivity index (χ3n) is 6.28. The van der Waals surface area contributed by atoms with E-state index in [9.17, 15) is 0 Å². The number of piperidine rings is 1. The Labute approximate surface area is 149 Å². The fraction of sp³-hybridized carbons (Fsp3) is 0.524. The van der Waals surface area contributed by atoms with Crippen LogP contribution in [0.25, 0.3) is 0 Å². The first-order chi connectivity index (χ1) is 12.3. The van der Waals surface area contributed by atoms with Crippen molar-refractivity contribution in [2.75, 3.05) is 31.1 Å². The second-order valence-electron chi connectivity index (χ2n) is 8.09. The summed E-state index contributed by atoms with van der Waals surface area (Å²) in [7, 11) is 0. The van der Waals surface area contributed by atoms with E-state index in [0.717, 1.165) is 31.5 Å². The zero-order chi connectivity index (χ0) is 16.7. The summed E-state index contributed by atoms with van der Waals surface area (Å²) in [5, 5.41) is 0. The van der Waals surface area contributed by atoms with Crippen LogP contribution in [0.1, 0.15) is 36.8 Å². The Balaban J connectivity index is 1.40. The van der Waals surface area contributed by atoms with Crippen molar-refractivity contribution < 1.29 is 0 Å². The van der Waals surface area contributed by atoms with Crippen LogP contribution in [-0.2, 0) is 12.0 Å². The number of benzene rings is 1. The molecule has 2 aromatic rings. The van der Waals surface area contributed by atoms with E-state index in [4.69, 9.17) is 0 Å². The molecule has 2 aliphatic heterocycles. The molecule has 3 heterocycles. The Kier molecular flexibility index (Phi) is 3.74. The van der Waals surface area contributed by atoms with Crippen LogP contribution >= 0.6 is 0 Å². The Morgan fingerprint density at radius 3 is 2.52 bits per heavy atom. The Bertz CT molecular complexity index is 733. The SMILES string of the molecule is c1cnc(N2CCC3(CC2)CN(CC2CC2)Cc2ccccc23)nc1. The first-order valence-electron chi connectivity index (χ1n) is 9.65. The quantitative estimate of drug-likeness (QED) is 0.862. The van der Waals surface area contributed by atoms with E-state index in [-0.39, 0.29) is 0 Å². The van der Waals surface area contributed by atoms with Crippen molar-refractivity contribution in [1.29, 1.82) is 0 Å². The largest absolute Gasteiger partial charge is 0.341 e. The van der Waals surface area contributed by atoms with Crippen molar-refractivity contribution in [3.63, 3.8) is 0 Å². The molecule has 0 atom stereocenters. The maximum absolute atomic E-state index is 4.45. The van der Waals surface area contributed by atoms with Crippen molar-refractivity contribution in [3.8, 4) is 0 Å². The van der Waals surface area contributed by atoms with Gasteiger partial charge in [-0.3, -0.25) is 4.90 Å². The van der Waals surface area contributed by atoms with Gasteiger partial charge in [0.2, 0.25) is 5.95 Å². The van der Waals surface area contributed by atoms with Crippen LogP contribution in [0.5, 0.6) is 0 Å². The second-order valence-corrected chi connectivity index (χ2v) is 8.09. The summed E-state index contributed by atoms with van der Waals surface area (Å²) in [6.07, 6.45) is 8.96. The molecule has 1 aromatic heterocycles. The lowest BCUT2D eigenvalue weighted by molar-refractivity contribution is 0.147. The van der Waals surface area contributed by atoms with Gasteiger partial charge in [-0.25, -0.2) is 9.97 Å². The first-order valence-corrected chi connectivity index (χ1v) is 9.65. The minimum absolute atomic E-state index is 0.314. The number of hydrogen-bond donors (Lipinski definition) is 0. The smallest absolute Gasteiger partial charge is 0.225 e. The van der Waals surface area contributed by atoms with Crippen LogP contribution in [0.15, 0.2) is 42.7 Å². The van der Waals surface area contributed by atoms with Gasteiger partial charge >= 0.3 is 0 Å². The molecule has 1 aliphatic carbocycles. The number of anilines is 1. The summed E-state index contributed by atoms with van der Waals surface area (Å²) in [6, 6.07) is 11.1. The number of fused-ring (bicyclic) bond motifs is 2. The summed E-state index contributed by atoms with van der Waals surface area (Å²) >= 11 is 0. The van der Waals surface area contributed by atoms with E-state index in [1.807, 2.05) is 18.5 Å². The van der Waals surface area contributed by atoms with Gasteiger partial charge in [0.15, 0.2) is 0 Å². The van der Waals surface area contributed by atoms with Gasteiger partial charge in [0.05, 0.1) is 0 Å². The Hall–Kier alpha value is -1.94. The summed E-state index contributed by atoms with van der Waals surface area (Å²) in [5.74, 6) is 1.84. The number of hydrogen-bond acceptors (Lipinski definition) is 4. The lowest BCUT2D eigenvalue weighted by Gasteiger charge is -2.49. The number of aromatic nitrogens is 2. The fourth-order valence-corrected chi connectivity index (χ4v) is 4.80. The van der Waals surface area contributed by atoms with E-state index < -0.39 is 0 Å². The lowest BCUT2D eigenvalue weighted by atomic mass is 9.69. The van der Waals surface area contributed by atoms with Gasteiger partial charge in [-0.05, 0) is 48.8 Å². The highest BCUT2D eigenvalue weighted by atomic mass is 15.3. The highest BCUT2D eigenvalue weighted by Crippen LogP contribution is 2.43. The maximum Gasteiger partial charge on any atom is 0.225 e. The van der Waals surface area contributed by atoms with Crippen LogP contribution in [0, 0.1) is 5.92 Å². The number of rotatable bonds is 3. The zero-order valence-corrected chi connectivity index (χ0v) is 14.8. The normalized spacial score (nSPS) is 22.8. The van der Waals surface area contributed by atoms with Gasteiger partial charge in [0.25, 0.3) is 0 Å². The van der Waals surface area contributed by atoms with Gasteiger partial charge in [0, 0.05) is 50.5 Å². The fourth-order valence-electron chi connectivity index (χ4n) is 4.80. The zero-order valence-electron chi connectivity index (χ0n) is 14.8. The van der Waals surface area contributed by atoms with Gasteiger partial charge in [-0.1, -0.05) is 24.3 Å². The van der Waals surface area contributed by atoms with Crippen LogP contribution in [0.3, 0.4) is 0 Å². The molecule has 0 amide bonds. The molecule has 3 aliphatic rings. The molecule has 5 rings (SSSR count). The average Bonchev–Trinajstić information content (AvgIpc) is 3.47. The first kappa shape index (κ1) is 15.3. The van der Waals surface area contributed by atoms with Crippen LogP contribution in [0.4, 0.5) is 5.95 Å². The minimum Gasteiger partial charge on any atom is -0.341 e. The summed E-state index contributed by atoms with van der Waals surface area (Å²) in [6.45, 7) is 5.76. The van der Waals surface area contributed by atoms with Crippen LogP contribution in [0.2, 0.25) is 0 Å². The van der Waals surface area contributed by atoms with E-state index in [0.29, 0.717) is 5.41 Å². The predicted octanol–water partition coefficient (Wildman–Crippen LogP) is 3.24. The summed E-state index contributed by atoms with van der Waals surface area (Å²) in [4.78, 5) is 14.0. The van der Waals surface area contributed by atoms with Crippen molar-refractivity contribution in [1.82, 2.24) is 14.9 Å². The van der Waals surface area contributed by atoms with Crippen molar-refractivity contribution >= 4 is 5.95 Å². The molecule has 2 fully saturated rings. The molecule has 0 unspecified atom stereocenters.